The van der Waals surface area contributed by atoms with Crippen LogP contribution in [0.1, 0.15) is 0 Å². The summed E-state index contributed by atoms with van der Waals surface area (Å²) in [5, 5.41) is 0. The minimum absolute atomic E-state index is 0.848. The van der Waals surface area contributed by atoms with E-state index in [0.717, 1.165) is 11.5 Å². The Bertz CT molecular complexity index is 326. The average Bonchev–Trinajstić information content (AvgIpc) is 2.41. The third-order valence-corrected chi connectivity index (χ3v) is 1.77. The second kappa shape index (κ2) is 7.23. The standard InChI is InChI=1S/C8H10O2.C4H4N2/c1-9-7-3-5-8(10-2)6-4-7;1-2-5-4-6-3-1/h3-6H,1-2H3;1-4H. The number of benzene rings is 1. The van der Waals surface area contributed by atoms with E-state index >= 15 is 0 Å². The number of nitrogens with zero attached hydrogens (tertiary/aromatic N) is 2. The number of rotatable bonds is 2. The molecule has 84 valence electrons. The average molecular weight is 218 g/mol. The molecule has 2 rings (SSSR count). The second-order valence-electron chi connectivity index (χ2n) is 2.78. The highest BCUT2D eigenvalue weighted by Crippen LogP contribution is 2.15. The lowest BCUT2D eigenvalue weighted by Gasteiger charge is -2.00. The number of ether oxygens (including phenoxy) is 2. The maximum absolute atomic E-state index is 4.96. The number of hydrogen-bond donors (Lipinski definition) is 0. The number of aromatic nitrogens is 2. The molecule has 0 atom stereocenters. The summed E-state index contributed by atoms with van der Waals surface area (Å²) in [6.45, 7) is 0. The molecular formula is C12H14N2O2. The zero-order valence-corrected chi connectivity index (χ0v) is 9.33. The summed E-state index contributed by atoms with van der Waals surface area (Å²) in [6.07, 6.45) is 4.88. The monoisotopic (exact) mass is 218 g/mol. The molecule has 1 aromatic carbocycles. The van der Waals surface area contributed by atoms with Crippen LogP contribution in [-0.4, -0.2) is 24.2 Å². The molecule has 0 unspecified atom stereocenters. The summed E-state index contributed by atoms with van der Waals surface area (Å²) in [6, 6.07) is 9.22. The smallest absolute Gasteiger partial charge is 0.119 e. The first kappa shape index (κ1) is 12.0. The van der Waals surface area contributed by atoms with Crippen molar-refractivity contribution in [1.29, 1.82) is 0 Å². The van der Waals surface area contributed by atoms with Gasteiger partial charge in [-0.3, -0.25) is 0 Å². The largest absolute Gasteiger partial charge is 0.497 e. The van der Waals surface area contributed by atoms with E-state index in [9.17, 15) is 0 Å². The normalized spacial score (nSPS) is 8.62. The lowest BCUT2D eigenvalue weighted by Crippen LogP contribution is -1.83. The van der Waals surface area contributed by atoms with Gasteiger partial charge in [-0.1, -0.05) is 0 Å². The SMILES string of the molecule is COc1ccc(OC)cc1.c1cncnc1. The Morgan fingerprint density at radius 2 is 1.25 bits per heavy atom. The van der Waals surface area contributed by atoms with Crippen molar-refractivity contribution >= 4 is 0 Å². The van der Waals surface area contributed by atoms with Gasteiger partial charge < -0.3 is 9.47 Å². The van der Waals surface area contributed by atoms with Crippen LogP contribution < -0.4 is 9.47 Å². The van der Waals surface area contributed by atoms with Crippen LogP contribution in [0.4, 0.5) is 0 Å². The van der Waals surface area contributed by atoms with E-state index in [1.54, 1.807) is 32.7 Å². The molecule has 0 amide bonds. The second-order valence-corrected chi connectivity index (χ2v) is 2.78. The third kappa shape index (κ3) is 4.41. The molecule has 1 heterocycles. The van der Waals surface area contributed by atoms with Crippen molar-refractivity contribution in [2.45, 2.75) is 0 Å². The molecule has 0 saturated carbocycles. The molecule has 0 aliphatic heterocycles. The van der Waals surface area contributed by atoms with Crippen LogP contribution in [0, 0.1) is 0 Å². The molecule has 0 saturated heterocycles. The van der Waals surface area contributed by atoms with E-state index in [-0.39, 0.29) is 0 Å². The molecule has 0 aliphatic rings. The predicted octanol–water partition coefficient (Wildman–Crippen LogP) is 2.18. The lowest BCUT2D eigenvalue weighted by molar-refractivity contribution is 0.403. The quantitative estimate of drug-likeness (QED) is 0.775. The van der Waals surface area contributed by atoms with Gasteiger partial charge in [0, 0.05) is 12.4 Å². The van der Waals surface area contributed by atoms with Crippen LogP contribution >= 0.6 is 0 Å². The summed E-state index contributed by atoms with van der Waals surface area (Å²) in [5.41, 5.74) is 0. The van der Waals surface area contributed by atoms with Crippen molar-refractivity contribution in [2.24, 2.45) is 0 Å². The van der Waals surface area contributed by atoms with Gasteiger partial charge in [-0.2, -0.15) is 0 Å². The van der Waals surface area contributed by atoms with Crippen molar-refractivity contribution in [3.63, 3.8) is 0 Å². The number of methoxy groups -OCH3 is 2. The Labute approximate surface area is 94.9 Å². The summed E-state index contributed by atoms with van der Waals surface area (Å²) in [5.74, 6) is 1.70. The minimum Gasteiger partial charge on any atom is -0.497 e. The van der Waals surface area contributed by atoms with E-state index in [1.807, 2.05) is 24.3 Å². The van der Waals surface area contributed by atoms with E-state index in [2.05, 4.69) is 9.97 Å². The van der Waals surface area contributed by atoms with Crippen LogP contribution in [0.3, 0.4) is 0 Å². The predicted molar refractivity (Wildman–Crippen MR) is 61.6 cm³/mol. The lowest BCUT2D eigenvalue weighted by atomic mass is 10.3. The first-order valence-electron chi connectivity index (χ1n) is 4.75. The highest BCUT2D eigenvalue weighted by atomic mass is 16.5. The summed E-state index contributed by atoms with van der Waals surface area (Å²) < 4.78 is 9.92. The van der Waals surface area contributed by atoms with Crippen LogP contribution in [-0.2, 0) is 0 Å². The van der Waals surface area contributed by atoms with Gasteiger partial charge in [0.15, 0.2) is 0 Å². The Hall–Kier alpha value is -2.10. The van der Waals surface area contributed by atoms with Crippen LogP contribution in [0.5, 0.6) is 11.5 Å². The highest BCUT2D eigenvalue weighted by molar-refractivity contribution is 5.30. The Kier molecular flexibility index (Phi) is 5.41. The zero-order valence-electron chi connectivity index (χ0n) is 9.33. The fraction of sp³-hybridized carbons (Fsp3) is 0.167. The molecule has 4 heteroatoms. The Balaban J connectivity index is 0.000000181. The fourth-order valence-corrected chi connectivity index (χ4v) is 0.965. The maximum Gasteiger partial charge on any atom is 0.119 e. The number of hydrogen-bond acceptors (Lipinski definition) is 4. The van der Waals surface area contributed by atoms with Gasteiger partial charge in [-0.05, 0) is 30.3 Å². The highest BCUT2D eigenvalue weighted by Gasteiger charge is 1.89. The summed E-state index contributed by atoms with van der Waals surface area (Å²) in [4.78, 5) is 7.35. The topological polar surface area (TPSA) is 44.2 Å². The van der Waals surface area contributed by atoms with E-state index in [4.69, 9.17) is 9.47 Å². The molecule has 16 heavy (non-hydrogen) atoms. The third-order valence-electron chi connectivity index (χ3n) is 1.77. The fourth-order valence-electron chi connectivity index (χ4n) is 0.965. The molecular weight excluding hydrogens is 204 g/mol. The minimum atomic E-state index is 0.848. The van der Waals surface area contributed by atoms with Crippen LogP contribution in [0.15, 0.2) is 49.1 Å². The molecule has 2 aromatic rings. The van der Waals surface area contributed by atoms with Gasteiger partial charge in [-0.25, -0.2) is 9.97 Å². The van der Waals surface area contributed by atoms with Gasteiger partial charge in [0.2, 0.25) is 0 Å². The van der Waals surface area contributed by atoms with Gasteiger partial charge in [0.05, 0.1) is 14.2 Å². The van der Waals surface area contributed by atoms with Crippen molar-refractivity contribution in [3.05, 3.63) is 49.1 Å². The first-order valence-corrected chi connectivity index (χ1v) is 4.75. The first-order chi connectivity index (χ1) is 7.86. The van der Waals surface area contributed by atoms with Crippen molar-refractivity contribution in [3.8, 4) is 11.5 Å². The van der Waals surface area contributed by atoms with Crippen molar-refractivity contribution in [1.82, 2.24) is 9.97 Å². The summed E-state index contributed by atoms with van der Waals surface area (Å²) in [7, 11) is 3.28. The van der Waals surface area contributed by atoms with Crippen LogP contribution in [0.25, 0.3) is 0 Å². The summed E-state index contributed by atoms with van der Waals surface area (Å²) >= 11 is 0. The molecule has 1 aromatic heterocycles. The Morgan fingerprint density at radius 3 is 1.44 bits per heavy atom. The molecule has 4 nitrogen and oxygen atoms in total. The Morgan fingerprint density at radius 1 is 0.812 bits per heavy atom. The van der Waals surface area contributed by atoms with Gasteiger partial charge in [-0.15, -0.1) is 0 Å². The van der Waals surface area contributed by atoms with Crippen molar-refractivity contribution in [2.75, 3.05) is 14.2 Å². The van der Waals surface area contributed by atoms with E-state index in [0.29, 0.717) is 0 Å². The van der Waals surface area contributed by atoms with Crippen LogP contribution in [0.2, 0.25) is 0 Å². The molecule has 0 fully saturated rings. The maximum atomic E-state index is 4.96. The molecule has 0 N–H and O–H groups in total. The van der Waals surface area contributed by atoms with E-state index < -0.39 is 0 Å². The molecule has 0 bridgehead atoms. The zero-order chi connectivity index (χ0) is 11.6. The van der Waals surface area contributed by atoms with Gasteiger partial charge >= 0.3 is 0 Å². The molecule has 0 aliphatic carbocycles. The molecule has 0 spiro atoms. The van der Waals surface area contributed by atoms with Crippen molar-refractivity contribution < 1.29 is 9.47 Å². The molecule has 0 radical (unpaired) electrons. The van der Waals surface area contributed by atoms with E-state index in [1.165, 1.54) is 6.33 Å². The van der Waals surface area contributed by atoms with Gasteiger partial charge in [0.1, 0.15) is 17.8 Å². The van der Waals surface area contributed by atoms with Gasteiger partial charge in [0.25, 0.3) is 0 Å².